The molecule has 0 aliphatic heterocycles. The van der Waals surface area contributed by atoms with Crippen molar-refractivity contribution in [3.05, 3.63) is 46.3 Å². The number of hydrogen-bond acceptors (Lipinski definition) is 6. The summed E-state index contributed by atoms with van der Waals surface area (Å²) in [7, 11) is 0. The lowest BCUT2D eigenvalue weighted by atomic mass is 9.75. The van der Waals surface area contributed by atoms with Gasteiger partial charge in [0.2, 0.25) is 5.91 Å². The summed E-state index contributed by atoms with van der Waals surface area (Å²) >= 11 is 0. The maximum atomic E-state index is 13.8. The number of nitrogens with zero attached hydrogens (tertiary/aromatic N) is 2. The first-order valence-electron chi connectivity index (χ1n) is 12.3. The van der Waals surface area contributed by atoms with E-state index in [9.17, 15) is 27.6 Å². The van der Waals surface area contributed by atoms with Gasteiger partial charge in [0.05, 0.1) is 23.5 Å². The van der Waals surface area contributed by atoms with E-state index < -0.39 is 34.9 Å². The molecule has 1 fully saturated rings. The SMILES string of the molecule is CC1(C)CC(=O)c2c(C(F)(F)F)nn(-c3ccc(C(N)=O)c(CC4CCC(OC(=O)CN)CC4)c3)c2C1. The molecule has 0 atom stereocenters. The molecule has 2 aromatic rings. The molecule has 4 rings (SSSR count). The highest BCUT2D eigenvalue weighted by Gasteiger charge is 2.45. The number of fused-ring (bicyclic) bond motifs is 1. The number of primary amides is 1. The van der Waals surface area contributed by atoms with Crippen molar-refractivity contribution >= 4 is 17.7 Å². The number of aromatic nitrogens is 2. The fourth-order valence-electron chi connectivity index (χ4n) is 5.48. The van der Waals surface area contributed by atoms with Crippen LogP contribution in [0.15, 0.2) is 18.2 Å². The van der Waals surface area contributed by atoms with Gasteiger partial charge in [-0.1, -0.05) is 13.8 Å². The first kappa shape index (κ1) is 26.8. The van der Waals surface area contributed by atoms with Gasteiger partial charge in [-0.2, -0.15) is 18.3 Å². The van der Waals surface area contributed by atoms with Crippen molar-refractivity contribution < 1.29 is 32.3 Å². The topological polar surface area (TPSA) is 130 Å². The lowest BCUT2D eigenvalue weighted by molar-refractivity contribution is -0.149. The van der Waals surface area contributed by atoms with Crippen LogP contribution >= 0.6 is 0 Å². The molecule has 2 aliphatic rings. The Kier molecular flexibility index (Phi) is 7.20. The molecule has 1 aromatic heterocycles. The molecule has 8 nitrogen and oxygen atoms in total. The fraction of sp³-hybridized carbons (Fsp3) is 0.538. The van der Waals surface area contributed by atoms with Crippen molar-refractivity contribution in [1.82, 2.24) is 9.78 Å². The molecule has 11 heteroatoms. The van der Waals surface area contributed by atoms with E-state index in [1.165, 1.54) is 16.8 Å². The predicted octanol–water partition coefficient (Wildman–Crippen LogP) is 3.75. The van der Waals surface area contributed by atoms with Gasteiger partial charge in [-0.3, -0.25) is 14.4 Å². The maximum absolute atomic E-state index is 13.8. The first-order chi connectivity index (χ1) is 17.3. The molecule has 200 valence electrons. The summed E-state index contributed by atoms with van der Waals surface area (Å²) in [6.45, 7) is 3.49. The Balaban J connectivity index is 1.68. The van der Waals surface area contributed by atoms with Crippen molar-refractivity contribution in [3.8, 4) is 5.69 Å². The molecule has 1 heterocycles. The molecule has 0 bridgehead atoms. The summed E-state index contributed by atoms with van der Waals surface area (Å²) in [5.41, 5.74) is 10.3. The number of carbonyl (C=O) groups excluding carboxylic acids is 3. The van der Waals surface area contributed by atoms with Crippen LogP contribution in [-0.4, -0.2) is 40.1 Å². The monoisotopic (exact) mass is 520 g/mol. The Labute approximate surface area is 212 Å². The van der Waals surface area contributed by atoms with Crippen LogP contribution in [0.1, 0.15) is 83.6 Å². The van der Waals surface area contributed by atoms with Gasteiger partial charge in [0.25, 0.3) is 0 Å². The normalized spacial score (nSPS) is 21.4. The van der Waals surface area contributed by atoms with E-state index in [1.807, 2.05) is 13.8 Å². The third kappa shape index (κ3) is 5.71. The molecule has 2 aliphatic carbocycles. The average molecular weight is 521 g/mol. The molecule has 1 aromatic carbocycles. The summed E-state index contributed by atoms with van der Waals surface area (Å²) in [5.74, 6) is -1.50. The third-order valence-corrected chi connectivity index (χ3v) is 7.18. The number of ketones is 1. The Bertz CT molecular complexity index is 1230. The minimum Gasteiger partial charge on any atom is -0.461 e. The predicted molar refractivity (Wildman–Crippen MR) is 128 cm³/mol. The number of hydrogen-bond donors (Lipinski definition) is 2. The smallest absolute Gasteiger partial charge is 0.435 e. The van der Waals surface area contributed by atoms with E-state index in [2.05, 4.69) is 5.10 Å². The Hall–Kier alpha value is -3.21. The average Bonchev–Trinajstić information content (AvgIpc) is 3.19. The number of benzene rings is 1. The molecule has 0 spiro atoms. The number of nitrogens with two attached hydrogens (primary N) is 2. The van der Waals surface area contributed by atoms with E-state index in [0.717, 1.165) is 12.8 Å². The van der Waals surface area contributed by atoms with Crippen LogP contribution in [-0.2, 0) is 28.5 Å². The fourth-order valence-corrected chi connectivity index (χ4v) is 5.48. The van der Waals surface area contributed by atoms with E-state index in [1.54, 1.807) is 6.07 Å². The summed E-state index contributed by atoms with van der Waals surface area (Å²) in [5, 5.41) is 3.85. The second-order valence-electron chi connectivity index (χ2n) is 10.8. The van der Waals surface area contributed by atoms with Crippen LogP contribution < -0.4 is 11.5 Å². The van der Waals surface area contributed by atoms with Crippen LogP contribution in [0.2, 0.25) is 0 Å². The number of amides is 1. The molecule has 4 N–H and O–H groups in total. The number of halogens is 3. The van der Waals surface area contributed by atoms with Gasteiger partial charge in [0, 0.05) is 12.0 Å². The zero-order chi connectivity index (χ0) is 27.1. The van der Waals surface area contributed by atoms with Crippen LogP contribution in [0, 0.1) is 11.3 Å². The molecule has 0 unspecified atom stereocenters. The van der Waals surface area contributed by atoms with Crippen LogP contribution in [0.5, 0.6) is 0 Å². The summed E-state index contributed by atoms with van der Waals surface area (Å²) in [4.78, 5) is 36.4. The highest BCUT2D eigenvalue weighted by molar-refractivity contribution is 6.00. The second-order valence-corrected chi connectivity index (χ2v) is 10.8. The second kappa shape index (κ2) is 9.92. The zero-order valence-electron chi connectivity index (χ0n) is 20.9. The standard InChI is InChI=1S/C26H31F3N4O4/c1-25(2)11-19-22(20(34)12-25)23(26(27,28)29)32-33(19)16-5-8-18(24(31)36)15(10-16)9-14-3-6-17(7-4-14)37-21(35)13-30/h5,8,10,14,17H,3-4,6-7,9,11-13,30H2,1-2H3,(H2,31,36). The molecule has 0 saturated heterocycles. The van der Waals surface area contributed by atoms with Gasteiger partial charge in [0.15, 0.2) is 11.5 Å². The first-order valence-corrected chi connectivity index (χ1v) is 12.3. The van der Waals surface area contributed by atoms with E-state index >= 15 is 0 Å². The number of rotatable bonds is 6. The molecule has 37 heavy (non-hydrogen) atoms. The van der Waals surface area contributed by atoms with E-state index in [4.69, 9.17) is 16.2 Å². The summed E-state index contributed by atoms with van der Waals surface area (Å²) < 4.78 is 48.0. The lowest BCUT2D eigenvalue weighted by Gasteiger charge is -2.29. The largest absolute Gasteiger partial charge is 0.461 e. The van der Waals surface area contributed by atoms with Crippen molar-refractivity contribution in [3.63, 3.8) is 0 Å². The number of ether oxygens (including phenoxy) is 1. The zero-order valence-corrected chi connectivity index (χ0v) is 20.9. The van der Waals surface area contributed by atoms with E-state index in [-0.39, 0.29) is 48.2 Å². The Morgan fingerprint density at radius 1 is 1.16 bits per heavy atom. The van der Waals surface area contributed by atoms with Crippen molar-refractivity contribution in [2.75, 3.05) is 6.54 Å². The molecular weight excluding hydrogens is 489 g/mol. The van der Waals surface area contributed by atoms with Crippen molar-refractivity contribution in [1.29, 1.82) is 0 Å². The van der Waals surface area contributed by atoms with Gasteiger partial charge < -0.3 is 16.2 Å². The van der Waals surface area contributed by atoms with Crippen molar-refractivity contribution in [2.45, 2.75) is 71.1 Å². The minimum absolute atomic E-state index is 0.00387. The van der Waals surface area contributed by atoms with Gasteiger partial charge in [0.1, 0.15) is 6.10 Å². The van der Waals surface area contributed by atoms with E-state index in [0.29, 0.717) is 30.5 Å². The van der Waals surface area contributed by atoms with Gasteiger partial charge in [-0.15, -0.1) is 0 Å². The quantitative estimate of drug-likeness (QED) is 0.558. The highest BCUT2D eigenvalue weighted by Crippen LogP contribution is 2.42. The van der Waals surface area contributed by atoms with Crippen LogP contribution in [0.25, 0.3) is 5.69 Å². The van der Waals surface area contributed by atoms with Gasteiger partial charge in [-0.05, 0) is 73.6 Å². The van der Waals surface area contributed by atoms with Gasteiger partial charge in [-0.25, -0.2) is 4.68 Å². The van der Waals surface area contributed by atoms with Crippen LogP contribution in [0.3, 0.4) is 0 Å². The number of Topliss-reactive ketones (excluding diaryl/α,β-unsaturated/α-hetero) is 1. The maximum Gasteiger partial charge on any atom is 0.435 e. The lowest BCUT2D eigenvalue weighted by Crippen LogP contribution is -2.29. The summed E-state index contributed by atoms with van der Waals surface area (Å²) in [6.07, 6.45) is -1.47. The van der Waals surface area contributed by atoms with Crippen LogP contribution in [0.4, 0.5) is 13.2 Å². The molecule has 0 radical (unpaired) electrons. The highest BCUT2D eigenvalue weighted by atomic mass is 19.4. The number of alkyl halides is 3. The number of carbonyl (C=O) groups is 3. The molecule has 1 saturated carbocycles. The molecule has 1 amide bonds. The van der Waals surface area contributed by atoms with Gasteiger partial charge >= 0.3 is 12.1 Å². The Morgan fingerprint density at radius 3 is 2.43 bits per heavy atom. The summed E-state index contributed by atoms with van der Waals surface area (Å²) in [6, 6.07) is 4.64. The Morgan fingerprint density at radius 2 is 1.84 bits per heavy atom. The number of esters is 1. The molecular formula is C26H31F3N4O4. The minimum atomic E-state index is -4.78. The van der Waals surface area contributed by atoms with Crippen molar-refractivity contribution in [2.24, 2.45) is 22.8 Å². The third-order valence-electron chi connectivity index (χ3n) is 7.18.